The van der Waals surface area contributed by atoms with Crippen molar-refractivity contribution in [3.63, 3.8) is 0 Å². The molecule has 0 N–H and O–H groups in total. The van der Waals surface area contributed by atoms with Crippen molar-refractivity contribution in [1.29, 1.82) is 0 Å². The summed E-state index contributed by atoms with van der Waals surface area (Å²) in [7, 11) is 0. The summed E-state index contributed by atoms with van der Waals surface area (Å²) in [6.07, 6.45) is 8.50. The molecule has 1 aromatic heterocycles. The highest BCUT2D eigenvalue weighted by atomic mass is 35.5. The molecule has 0 saturated carbocycles. The molecule has 0 aliphatic heterocycles. The summed E-state index contributed by atoms with van der Waals surface area (Å²) in [5, 5.41) is 1.28. The Balaban J connectivity index is 1.50. The SMILES string of the molecule is Clc1cc(Cl)cc(Cn2ccnc2COc2cccc3c2CCCC3)c1. The normalized spacial score (nSPS) is 13.5. The van der Waals surface area contributed by atoms with E-state index in [-0.39, 0.29) is 0 Å². The van der Waals surface area contributed by atoms with Crippen LogP contribution in [0.4, 0.5) is 0 Å². The van der Waals surface area contributed by atoms with Gasteiger partial charge in [-0.25, -0.2) is 4.98 Å². The topological polar surface area (TPSA) is 27.1 Å². The monoisotopic (exact) mass is 386 g/mol. The van der Waals surface area contributed by atoms with Gasteiger partial charge < -0.3 is 9.30 Å². The zero-order chi connectivity index (χ0) is 17.9. The van der Waals surface area contributed by atoms with Crippen LogP contribution in [0, 0.1) is 0 Å². The van der Waals surface area contributed by atoms with Crippen molar-refractivity contribution >= 4 is 23.2 Å². The summed E-state index contributed by atoms with van der Waals surface area (Å²) >= 11 is 12.2. The average molecular weight is 387 g/mol. The first kappa shape index (κ1) is 17.4. The third-order valence-electron chi connectivity index (χ3n) is 4.79. The van der Waals surface area contributed by atoms with Crippen LogP contribution >= 0.6 is 23.2 Å². The molecule has 26 heavy (non-hydrogen) atoms. The van der Waals surface area contributed by atoms with Crippen molar-refractivity contribution in [3.8, 4) is 5.75 Å². The first-order chi connectivity index (χ1) is 12.7. The molecule has 5 heteroatoms. The van der Waals surface area contributed by atoms with E-state index >= 15 is 0 Å². The second-order valence-electron chi connectivity index (χ2n) is 6.64. The maximum atomic E-state index is 6.14. The summed E-state index contributed by atoms with van der Waals surface area (Å²) in [5.74, 6) is 1.87. The van der Waals surface area contributed by atoms with Crippen molar-refractivity contribution in [2.45, 2.75) is 38.8 Å². The van der Waals surface area contributed by atoms with E-state index in [1.165, 1.54) is 24.0 Å². The maximum Gasteiger partial charge on any atom is 0.147 e. The largest absolute Gasteiger partial charge is 0.485 e. The smallest absolute Gasteiger partial charge is 0.147 e. The average Bonchev–Trinajstić information content (AvgIpc) is 3.06. The minimum absolute atomic E-state index is 0.442. The molecule has 1 heterocycles. The number of fused-ring (bicyclic) bond motifs is 1. The fourth-order valence-corrected chi connectivity index (χ4v) is 4.12. The van der Waals surface area contributed by atoms with Crippen LogP contribution in [0.2, 0.25) is 10.0 Å². The van der Waals surface area contributed by atoms with Crippen molar-refractivity contribution in [1.82, 2.24) is 9.55 Å². The zero-order valence-corrected chi connectivity index (χ0v) is 15.9. The molecule has 0 amide bonds. The van der Waals surface area contributed by atoms with Crippen LogP contribution in [0.5, 0.6) is 5.75 Å². The third kappa shape index (κ3) is 3.89. The van der Waals surface area contributed by atoms with Crippen molar-refractivity contribution in [2.24, 2.45) is 0 Å². The lowest BCUT2D eigenvalue weighted by Crippen LogP contribution is -2.10. The number of aryl methyl sites for hydroxylation is 1. The van der Waals surface area contributed by atoms with Gasteiger partial charge in [0.25, 0.3) is 0 Å². The van der Waals surface area contributed by atoms with Gasteiger partial charge in [-0.05, 0) is 66.6 Å². The molecule has 134 valence electrons. The van der Waals surface area contributed by atoms with Crippen LogP contribution in [0.3, 0.4) is 0 Å². The van der Waals surface area contributed by atoms with Gasteiger partial charge in [0, 0.05) is 29.0 Å². The Labute approximate surface area is 163 Å². The van der Waals surface area contributed by atoms with Gasteiger partial charge in [0.15, 0.2) is 0 Å². The number of benzene rings is 2. The highest BCUT2D eigenvalue weighted by Crippen LogP contribution is 2.30. The number of rotatable bonds is 5. The van der Waals surface area contributed by atoms with Crippen LogP contribution in [0.15, 0.2) is 48.8 Å². The van der Waals surface area contributed by atoms with E-state index in [0.717, 1.165) is 30.0 Å². The van der Waals surface area contributed by atoms with Crippen LogP contribution in [0.1, 0.15) is 35.4 Å². The summed E-state index contributed by atoms with van der Waals surface area (Å²) < 4.78 is 8.21. The summed E-state index contributed by atoms with van der Waals surface area (Å²) in [5.41, 5.74) is 3.82. The van der Waals surface area contributed by atoms with Gasteiger partial charge in [0.1, 0.15) is 18.2 Å². The van der Waals surface area contributed by atoms with Gasteiger partial charge in [-0.15, -0.1) is 0 Å². The van der Waals surface area contributed by atoms with Gasteiger partial charge in [0.2, 0.25) is 0 Å². The first-order valence-electron chi connectivity index (χ1n) is 8.87. The quantitative estimate of drug-likeness (QED) is 0.562. The fraction of sp³-hybridized carbons (Fsp3) is 0.286. The Morgan fingerprint density at radius 2 is 1.85 bits per heavy atom. The number of nitrogens with zero attached hydrogens (tertiary/aromatic N) is 2. The lowest BCUT2D eigenvalue weighted by Gasteiger charge is -2.19. The Hall–Kier alpha value is -1.97. The van der Waals surface area contributed by atoms with E-state index < -0.39 is 0 Å². The van der Waals surface area contributed by atoms with Crippen molar-refractivity contribution in [3.05, 3.63) is 81.4 Å². The Bertz CT molecular complexity index is 900. The van der Waals surface area contributed by atoms with Gasteiger partial charge in [0.05, 0.1) is 0 Å². The molecule has 3 aromatic rings. The predicted octanol–water partition coefficient (Wildman–Crippen LogP) is 5.70. The Kier molecular flexibility index (Phi) is 5.18. The molecule has 0 spiro atoms. The van der Waals surface area contributed by atoms with E-state index in [1.54, 1.807) is 12.3 Å². The number of ether oxygens (including phenoxy) is 1. The fourth-order valence-electron chi connectivity index (χ4n) is 3.55. The lowest BCUT2D eigenvalue weighted by atomic mass is 9.91. The second kappa shape index (κ2) is 7.73. The molecule has 1 aliphatic carbocycles. The van der Waals surface area contributed by atoms with Crippen LogP contribution < -0.4 is 4.74 Å². The van der Waals surface area contributed by atoms with Gasteiger partial charge in [-0.3, -0.25) is 0 Å². The van der Waals surface area contributed by atoms with Crippen LogP contribution in [-0.2, 0) is 26.0 Å². The van der Waals surface area contributed by atoms with E-state index in [2.05, 4.69) is 27.8 Å². The molecule has 0 atom stereocenters. The summed E-state index contributed by atoms with van der Waals surface area (Å²) in [4.78, 5) is 4.46. The number of hydrogen-bond acceptors (Lipinski definition) is 2. The number of hydrogen-bond donors (Lipinski definition) is 0. The predicted molar refractivity (Wildman–Crippen MR) is 105 cm³/mol. The third-order valence-corrected chi connectivity index (χ3v) is 5.22. The molecule has 3 nitrogen and oxygen atoms in total. The molecule has 0 saturated heterocycles. The number of aromatic nitrogens is 2. The second-order valence-corrected chi connectivity index (χ2v) is 7.51. The van der Waals surface area contributed by atoms with E-state index in [1.807, 2.05) is 18.3 Å². The number of halogens is 2. The lowest BCUT2D eigenvalue weighted by molar-refractivity contribution is 0.286. The summed E-state index contributed by atoms with van der Waals surface area (Å²) in [6, 6.07) is 11.9. The first-order valence-corrected chi connectivity index (χ1v) is 9.63. The van der Waals surface area contributed by atoms with Crippen LogP contribution in [-0.4, -0.2) is 9.55 Å². The highest BCUT2D eigenvalue weighted by molar-refractivity contribution is 6.34. The van der Waals surface area contributed by atoms with E-state index in [0.29, 0.717) is 23.2 Å². The van der Waals surface area contributed by atoms with Gasteiger partial charge >= 0.3 is 0 Å². The van der Waals surface area contributed by atoms with Crippen LogP contribution in [0.25, 0.3) is 0 Å². The maximum absolute atomic E-state index is 6.14. The Morgan fingerprint density at radius 3 is 2.69 bits per heavy atom. The van der Waals surface area contributed by atoms with Crippen molar-refractivity contribution < 1.29 is 4.74 Å². The molecule has 0 bridgehead atoms. The highest BCUT2D eigenvalue weighted by Gasteiger charge is 2.14. The molecular formula is C21H20Cl2N2O. The van der Waals surface area contributed by atoms with E-state index in [9.17, 15) is 0 Å². The standard InChI is InChI=1S/C21H20Cl2N2O/c22-17-10-15(11-18(23)12-17)13-25-9-8-24-21(25)14-26-20-7-3-5-16-4-1-2-6-19(16)20/h3,5,7-12H,1-2,4,6,13-14H2. The molecule has 0 fully saturated rings. The minimum Gasteiger partial charge on any atom is -0.485 e. The van der Waals surface area contributed by atoms with E-state index in [4.69, 9.17) is 27.9 Å². The Morgan fingerprint density at radius 1 is 1.04 bits per heavy atom. The molecule has 0 unspecified atom stereocenters. The molecule has 0 radical (unpaired) electrons. The van der Waals surface area contributed by atoms with Gasteiger partial charge in [-0.2, -0.15) is 0 Å². The molecule has 1 aliphatic rings. The van der Waals surface area contributed by atoms with Crippen molar-refractivity contribution in [2.75, 3.05) is 0 Å². The molecular weight excluding hydrogens is 367 g/mol. The van der Waals surface area contributed by atoms with Gasteiger partial charge in [-0.1, -0.05) is 35.3 Å². The molecule has 4 rings (SSSR count). The molecule has 2 aromatic carbocycles. The minimum atomic E-state index is 0.442. The number of imidazole rings is 1. The summed E-state index contributed by atoms with van der Waals surface area (Å²) in [6.45, 7) is 1.10. The zero-order valence-electron chi connectivity index (χ0n) is 14.4.